The fourth-order valence-electron chi connectivity index (χ4n) is 4.40. The molecular formula is C28H49N5O7. The summed E-state index contributed by atoms with van der Waals surface area (Å²) in [4.78, 5) is 83.6. The number of unbranched alkanes of at least 4 members (excludes halogenated alkanes) is 1. The Balaban J connectivity index is 4.82. The summed E-state index contributed by atoms with van der Waals surface area (Å²) < 4.78 is 0. The fraction of sp³-hybridized carbons (Fsp3) is 0.750. The lowest BCUT2D eigenvalue weighted by Crippen LogP contribution is -2.44. The lowest BCUT2D eigenvalue weighted by molar-refractivity contribution is -0.126. The first-order valence-corrected chi connectivity index (χ1v) is 13.9. The first-order valence-electron chi connectivity index (χ1n) is 13.9. The van der Waals surface area contributed by atoms with E-state index in [1.807, 2.05) is 0 Å². The lowest BCUT2D eigenvalue weighted by atomic mass is 10.0. The molecule has 0 aliphatic carbocycles. The van der Waals surface area contributed by atoms with Gasteiger partial charge in [0.15, 0.2) is 0 Å². The Labute approximate surface area is 237 Å². The van der Waals surface area contributed by atoms with Gasteiger partial charge in [-0.1, -0.05) is 0 Å². The highest BCUT2D eigenvalue weighted by Gasteiger charge is 2.23. The Morgan fingerprint density at radius 1 is 0.475 bits per heavy atom. The van der Waals surface area contributed by atoms with Crippen molar-refractivity contribution in [1.29, 1.82) is 0 Å². The monoisotopic (exact) mass is 567 g/mol. The van der Waals surface area contributed by atoms with Crippen molar-refractivity contribution in [1.82, 2.24) is 26.6 Å². The van der Waals surface area contributed by atoms with E-state index in [2.05, 4.69) is 26.6 Å². The van der Waals surface area contributed by atoms with Crippen LogP contribution in [-0.2, 0) is 33.6 Å². The van der Waals surface area contributed by atoms with Crippen LogP contribution in [0.3, 0.4) is 0 Å². The molecule has 12 heteroatoms. The van der Waals surface area contributed by atoms with Gasteiger partial charge in [-0.25, -0.2) is 0 Å². The zero-order valence-electron chi connectivity index (χ0n) is 24.9. The van der Waals surface area contributed by atoms with Crippen LogP contribution in [0.1, 0.15) is 91.9 Å². The van der Waals surface area contributed by atoms with Gasteiger partial charge < -0.3 is 26.6 Å². The number of amides is 3. The molecule has 40 heavy (non-hydrogen) atoms. The third-order valence-electron chi connectivity index (χ3n) is 6.28. The van der Waals surface area contributed by atoms with Gasteiger partial charge in [-0.15, -0.1) is 0 Å². The normalized spacial score (nSPS) is 13.8. The highest BCUT2D eigenvalue weighted by Crippen LogP contribution is 2.09. The molecule has 0 heterocycles. The molecule has 0 aliphatic rings. The van der Waals surface area contributed by atoms with Gasteiger partial charge in [0.1, 0.15) is 23.1 Å². The molecule has 4 unspecified atom stereocenters. The second kappa shape index (κ2) is 20.8. The second-order valence-electron chi connectivity index (χ2n) is 10.6. The summed E-state index contributed by atoms with van der Waals surface area (Å²) in [5.41, 5.74) is 0. The molecule has 0 aliphatic heterocycles. The number of ketones is 4. The van der Waals surface area contributed by atoms with Crippen LogP contribution in [0.15, 0.2) is 0 Å². The Kier molecular flexibility index (Phi) is 19.3. The summed E-state index contributed by atoms with van der Waals surface area (Å²) in [5, 5.41) is 14.3. The SMILES string of the molecule is CNC(CC(C)=O)CC(=O)NCCCCC(CC(C)=O)NC(=O)CC(CC(C)=O)NC(=O)CC(CC(C)=O)NC. The average Bonchev–Trinajstić information content (AvgIpc) is 2.81. The highest BCUT2D eigenvalue weighted by molar-refractivity contribution is 5.84. The molecule has 0 aromatic rings. The predicted octanol–water partition coefficient (Wildman–Crippen LogP) is 0.505. The Bertz CT molecular complexity index is 877. The molecule has 4 atom stereocenters. The molecule has 0 saturated heterocycles. The number of carbonyl (C=O) groups excluding carboxylic acids is 7. The van der Waals surface area contributed by atoms with Crippen LogP contribution >= 0.6 is 0 Å². The largest absolute Gasteiger partial charge is 0.356 e. The van der Waals surface area contributed by atoms with E-state index in [1.54, 1.807) is 14.1 Å². The van der Waals surface area contributed by atoms with Gasteiger partial charge in [-0.3, -0.25) is 33.6 Å². The number of rotatable bonds is 23. The molecular weight excluding hydrogens is 518 g/mol. The zero-order chi connectivity index (χ0) is 30.7. The van der Waals surface area contributed by atoms with E-state index in [9.17, 15) is 33.6 Å². The van der Waals surface area contributed by atoms with Crippen LogP contribution in [0.5, 0.6) is 0 Å². The molecule has 0 spiro atoms. The number of hydrogen-bond donors (Lipinski definition) is 5. The van der Waals surface area contributed by atoms with Crippen molar-refractivity contribution in [3.63, 3.8) is 0 Å². The fourth-order valence-corrected chi connectivity index (χ4v) is 4.40. The van der Waals surface area contributed by atoms with Gasteiger partial charge >= 0.3 is 0 Å². The van der Waals surface area contributed by atoms with Crippen molar-refractivity contribution in [3.05, 3.63) is 0 Å². The van der Waals surface area contributed by atoms with Crippen LogP contribution in [0.2, 0.25) is 0 Å². The third kappa shape index (κ3) is 20.0. The van der Waals surface area contributed by atoms with E-state index in [1.165, 1.54) is 27.7 Å². The summed E-state index contributed by atoms with van der Waals surface area (Å²) in [6, 6.07) is -1.69. The van der Waals surface area contributed by atoms with Gasteiger partial charge in [0.25, 0.3) is 0 Å². The maximum absolute atomic E-state index is 12.8. The summed E-state index contributed by atoms with van der Waals surface area (Å²) in [6.45, 7) is 6.17. The zero-order valence-corrected chi connectivity index (χ0v) is 24.9. The summed E-state index contributed by atoms with van der Waals surface area (Å²) in [5.74, 6) is -1.23. The minimum Gasteiger partial charge on any atom is -0.356 e. The quantitative estimate of drug-likeness (QED) is 0.110. The van der Waals surface area contributed by atoms with Gasteiger partial charge in [0, 0.05) is 75.7 Å². The highest BCUT2D eigenvalue weighted by atomic mass is 16.2. The number of nitrogens with one attached hydrogen (secondary N) is 5. The minimum atomic E-state index is -0.711. The van der Waals surface area contributed by atoms with Crippen molar-refractivity contribution in [2.24, 2.45) is 0 Å². The van der Waals surface area contributed by atoms with Crippen LogP contribution in [0, 0.1) is 0 Å². The average molecular weight is 568 g/mol. The van der Waals surface area contributed by atoms with Crippen LogP contribution < -0.4 is 26.6 Å². The van der Waals surface area contributed by atoms with Crippen molar-refractivity contribution < 1.29 is 33.6 Å². The second-order valence-corrected chi connectivity index (χ2v) is 10.6. The van der Waals surface area contributed by atoms with Crippen molar-refractivity contribution in [2.45, 2.75) is 116 Å². The number of Topliss-reactive ketones (excluding diaryl/α,β-unsaturated/α-hetero) is 4. The number of hydrogen-bond acceptors (Lipinski definition) is 9. The molecule has 0 saturated carbocycles. The Morgan fingerprint density at radius 3 is 1.30 bits per heavy atom. The Hall–Kier alpha value is -2.99. The molecule has 0 fully saturated rings. The van der Waals surface area contributed by atoms with Crippen LogP contribution in [0.25, 0.3) is 0 Å². The maximum atomic E-state index is 12.8. The topological polar surface area (TPSA) is 180 Å². The van der Waals surface area contributed by atoms with Crippen LogP contribution in [0.4, 0.5) is 0 Å². The van der Waals surface area contributed by atoms with Gasteiger partial charge in [-0.2, -0.15) is 0 Å². The van der Waals surface area contributed by atoms with Gasteiger partial charge in [0.05, 0.1) is 0 Å². The molecule has 0 aromatic carbocycles. The maximum Gasteiger partial charge on any atom is 0.222 e. The first kappa shape index (κ1) is 37.0. The first-order chi connectivity index (χ1) is 18.7. The van der Waals surface area contributed by atoms with E-state index in [4.69, 9.17) is 0 Å². The third-order valence-corrected chi connectivity index (χ3v) is 6.28. The minimum absolute atomic E-state index is 0.00722. The molecule has 3 amide bonds. The van der Waals surface area contributed by atoms with Crippen molar-refractivity contribution >= 4 is 40.9 Å². The predicted molar refractivity (Wildman–Crippen MR) is 151 cm³/mol. The summed E-state index contributed by atoms with van der Waals surface area (Å²) >= 11 is 0. The molecule has 0 radical (unpaired) electrons. The van der Waals surface area contributed by atoms with Crippen molar-refractivity contribution in [3.8, 4) is 0 Å². The molecule has 228 valence electrons. The molecule has 0 aromatic heterocycles. The van der Waals surface area contributed by atoms with Gasteiger partial charge in [-0.05, 0) is 61.1 Å². The van der Waals surface area contributed by atoms with Crippen LogP contribution in [-0.4, -0.2) is 85.7 Å². The smallest absolute Gasteiger partial charge is 0.222 e. The Morgan fingerprint density at radius 2 is 0.850 bits per heavy atom. The molecule has 5 N–H and O–H groups in total. The molecule has 0 bridgehead atoms. The van der Waals surface area contributed by atoms with Gasteiger partial charge in [0.2, 0.25) is 17.7 Å². The summed E-state index contributed by atoms with van der Waals surface area (Å²) in [6.07, 6.45) is 2.51. The van der Waals surface area contributed by atoms with Crippen molar-refractivity contribution in [2.75, 3.05) is 20.6 Å². The molecule has 12 nitrogen and oxygen atoms in total. The van der Waals surface area contributed by atoms with E-state index >= 15 is 0 Å². The van der Waals surface area contributed by atoms with E-state index in [0.29, 0.717) is 25.8 Å². The van der Waals surface area contributed by atoms with E-state index in [0.717, 1.165) is 0 Å². The summed E-state index contributed by atoms with van der Waals surface area (Å²) in [7, 11) is 3.36. The van der Waals surface area contributed by atoms with E-state index in [-0.39, 0.29) is 97.9 Å². The van der Waals surface area contributed by atoms with E-state index < -0.39 is 12.1 Å². The standard InChI is InChI=1S/C28H49N5O7/c1-18(34)11-22(9-7-8-10-31-26(38)15-23(29-5)12-19(2)35)32-28(40)17-25(14-21(4)37)33-27(39)16-24(30-6)13-20(3)36/h22-25,29-30H,7-17H2,1-6H3,(H,31,38)(H,32,40)(H,33,39). The number of carbonyl (C=O) groups is 7. The molecule has 0 rings (SSSR count). The lowest BCUT2D eigenvalue weighted by Gasteiger charge is -2.22.